The predicted octanol–water partition coefficient (Wildman–Crippen LogP) is 2.34. The summed E-state index contributed by atoms with van der Waals surface area (Å²) < 4.78 is 0. The minimum Gasteiger partial charge on any atom is -0.350 e. The normalized spacial score (nSPS) is 21.7. The van der Waals surface area contributed by atoms with Crippen LogP contribution in [0.2, 0.25) is 0 Å². The van der Waals surface area contributed by atoms with Gasteiger partial charge in [-0.15, -0.1) is 0 Å². The molecule has 0 saturated heterocycles. The summed E-state index contributed by atoms with van der Waals surface area (Å²) in [4.78, 5) is 10.9. The largest absolute Gasteiger partial charge is 0.350 e. The molecule has 0 saturated carbocycles. The number of carbonyl (C=O) groups is 1. The van der Waals surface area contributed by atoms with Crippen molar-refractivity contribution in [2.75, 3.05) is 0 Å². The van der Waals surface area contributed by atoms with Crippen molar-refractivity contribution in [3.05, 3.63) is 36.0 Å². The molecule has 0 bridgehead atoms. The van der Waals surface area contributed by atoms with Crippen molar-refractivity contribution in [2.24, 2.45) is 0 Å². The summed E-state index contributed by atoms with van der Waals surface area (Å²) in [6, 6.07) is 0.198. The van der Waals surface area contributed by atoms with Gasteiger partial charge in [0.2, 0.25) is 5.91 Å². The monoisotopic (exact) mass is 191 g/mol. The number of nitrogens with one attached hydrogen (secondary N) is 1. The zero-order valence-electron chi connectivity index (χ0n) is 8.84. The highest BCUT2D eigenvalue weighted by molar-refractivity contribution is 5.74. The van der Waals surface area contributed by atoms with E-state index in [9.17, 15) is 4.79 Å². The number of carbonyl (C=O) groups excluding carboxylic acids is 1. The van der Waals surface area contributed by atoms with Gasteiger partial charge < -0.3 is 5.32 Å². The van der Waals surface area contributed by atoms with E-state index < -0.39 is 0 Å². The summed E-state index contributed by atoms with van der Waals surface area (Å²) in [6.45, 7) is 7.31. The molecule has 0 heterocycles. The van der Waals surface area contributed by atoms with Crippen LogP contribution in [0.5, 0.6) is 0 Å². The van der Waals surface area contributed by atoms with Gasteiger partial charge in [0.25, 0.3) is 0 Å². The van der Waals surface area contributed by atoms with Crippen molar-refractivity contribution in [3.63, 3.8) is 0 Å². The molecule has 0 fully saturated rings. The number of hydrogen-bond acceptors (Lipinski definition) is 1. The number of allylic oxidation sites excluding steroid dienone is 3. The van der Waals surface area contributed by atoms with E-state index in [4.69, 9.17) is 0 Å². The summed E-state index contributed by atoms with van der Waals surface area (Å²) in [5.41, 5.74) is 2.60. The first kappa shape index (κ1) is 10.8. The Hall–Kier alpha value is -1.31. The molecule has 1 aliphatic carbocycles. The molecule has 0 aromatic rings. The molecule has 0 unspecified atom stereocenters. The van der Waals surface area contributed by atoms with Gasteiger partial charge in [-0.05, 0) is 25.3 Å². The molecule has 1 atom stereocenters. The Bertz CT molecular complexity index is 299. The van der Waals surface area contributed by atoms with E-state index in [1.807, 2.05) is 12.2 Å². The first-order chi connectivity index (χ1) is 6.65. The molecule has 76 valence electrons. The summed E-state index contributed by atoms with van der Waals surface area (Å²) in [7, 11) is 0. The Kier molecular flexibility index (Phi) is 3.69. The van der Waals surface area contributed by atoms with Gasteiger partial charge >= 0.3 is 0 Å². The van der Waals surface area contributed by atoms with Crippen molar-refractivity contribution < 1.29 is 4.79 Å². The fourth-order valence-electron chi connectivity index (χ4n) is 1.78. The minimum atomic E-state index is 0.0363. The number of amides is 1. The zero-order valence-corrected chi connectivity index (χ0v) is 8.84. The molecule has 0 spiro atoms. The van der Waals surface area contributed by atoms with Crippen LogP contribution in [0.3, 0.4) is 0 Å². The molecular weight excluding hydrogens is 174 g/mol. The van der Waals surface area contributed by atoms with E-state index in [-0.39, 0.29) is 11.9 Å². The first-order valence-electron chi connectivity index (χ1n) is 4.91. The lowest BCUT2D eigenvalue weighted by Gasteiger charge is -2.13. The molecule has 0 aliphatic heterocycles. The van der Waals surface area contributed by atoms with Crippen LogP contribution in [0.15, 0.2) is 36.0 Å². The van der Waals surface area contributed by atoms with Crippen LogP contribution in [-0.4, -0.2) is 11.9 Å². The van der Waals surface area contributed by atoms with Gasteiger partial charge in [-0.25, -0.2) is 0 Å². The third-order valence-corrected chi connectivity index (χ3v) is 2.47. The van der Waals surface area contributed by atoms with Crippen molar-refractivity contribution in [3.8, 4) is 0 Å². The van der Waals surface area contributed by atoms with E-state index in [0.717, 1.165) is 12.8 Å². The summed E-state index contributed by atoms with van der Waals surface area (Å²) >= 11 is 0. The second kappa shape index (κ2) is 4.80. The molecule has 1 rings (SSSR count). The van der Waals surface area contributed by atoms with Gasteiger partial charge in [0.05, 0.1) is 6.04 Å². The van der Waals surface area contributed by atoms with Gasteiger partial charge in [0.15, 0.2) is 0 Å². The van der Waals surface area contributed by atoms with E-state index in [1.54, 1.807) is 13.0 Å². The quantitative estimate of drug-likeness (QED) is 0.682. The predicted molar refractivity (Wildman–Crippen MR) is 58.9 cm³/mol. The van der Waals surface area contributed by atoms with E-state index in [2.05, 4.69) is 18.8 Å². The third kappa shape index (κ3) is 2.59. The summed E-state index contributed by atoms with van der Waals surface area (Å²) in [6.07, 6.45) is 7.79. The van der Waals surface area contributed by atoms with Gasteiger partial charge in [0.1, 0.15) is 0 Å². The van der Waals surface area contributed by atoms with E-state index >= 15 is 0 Å². The fourth-order valence-corrected chi connectivity index (χ4v) is 1.78. The topological polar surface area (TPSA) is 29.1 Å². The SMILES string of the molecule is C=C/C=C\C1=C(C)CC[C@@H]1NC(C)=O. The highest BCUT2D eigenvalue weighted by Crippen LogP contribution is 2.27. The maximum atomic E-state index is 10.9. The van der Waals surface area contributed by atoms with Gasteiger partial charge in [0, 0.05) is 6.92 Å². The standard InChI is InChI=1S/C12H17NO/c1-4-5-6-11-9(2)7-8-12(11)13-10(3)14/h4-6,12H,1,7-8H2,2-3H3,(H,13,14)/b6-5-/t12-/m0/s1. The first-order valence-corrected chi connectivity index (χ1v) is 4.91. The smallest absolute Gasteiger partial charge is 0.217 e. The average molecular weight is 191 g/mol. The Morgan fingerprint density at radius 1 is 1.64 bits per heavy atom. The van der Waals surface area contributed by atoms with Crippen LogP contribution >= 0.6 is 0 Å². The molecule has 2 heteroatoms. The minimum absolute atomic E-state index is 0.0363. The van der Waals surface area contributed by atoms with Gasteiger partial charge in [-0.1, -0.05) is 30.4 Å². The van der Waals surface area contributed by atoms with Crippen molar-refractivity contribution in [2.45, 2.75) is 32.7 Å². The van der Waals surface area contributed by atoms with Crippen molar-refractivity contribution in [1.82, 2.24) is 5.32 Å². The lowest BCUT2D eigenvalue weighted by atomic mass is 10.1. The summed E-state index contributed by atoms with van der Waals surface area (Å²) in [5.74, 6) is 0.0363. The lowest BCUT2D eigenvalue weighted by molar-refractivity contribution is -0.119. The zero-order chi connectivity index (χ0) is 10.6. The lowest BCUT2D eigenvalue weighted by Crippen LogP contribution is -2.32. The molecule has 1 N–H and O–H groups in total. The van der Waals surface area contributed by atoms with Gasteiger partial charge in [-0.3, -0.25) is 4.79 Å². The second-order valence-corrected chi connectivity index (χ2v) is 3.62. The maximum absolute atomic E-state index is 10.9. The highest BCUT2D eigenvalue weighted by atomic mass is 16.1. The maximum Gasteiger partial charge on any atom is 0.217 e. The van der Waals surface area contributed by atoms with Crippen LogP contribution in [0.25, 0.3) is 0 Å². The Labute approximate surface area is 85.4 Å². The van der Waals surface area contributed by atoms with Crippen molar-refractivity contribution >= 4 is 5.91 Å². The molecule has 0 radical (unpaired) electrons. The Morgan fingerprint density at radius 3 is 2.93 bits per heavy atom. The van der Waals surface area contributed by atoms with Crippen LogP contribution in [0.1, 0.15) is 26.7 Å². The van der Waals surface area contributed by atoms with Crippen molar-refractivity contribution in [1.29, 1.82) is 0 Å². The van der Waals surface area contributed by atoms with E-state index in [0.29, 0.717) is 0 Å². The molecule has 14 heavy (non-hydrogen) atoms. The number of hydrogen-bond donors (Lipinski definition) is 1. The van der Waals surface area contributed by atoms with E-state index in [1.165, 1.54) is 11.1 Å². The Balaban J connectivity index is 2.74. The molecule has 2 nitrogen and oxygen atoms in total. The average Bonchev–Trinajstić information content (AvgIpc) is 2.44. The number of rotatable bonds is 3. The van der Waals surface area contributed by atoms with Crippen LogP contribution in [0, 0.1) is 0 Å². The molecule has 0 aromatic heterocycles. The van der Waals surface area contributed by atoms with Crippen LogP contribution < -0.4 is 5.32 Å². The highest BCUT2D eigenvalue weighted by Gasteiger charge is 2.21. The summed E-state index contributed by atoms with van der Waals surface area (Å²) in [5, 5.41) is 2.95. The molecular formula is C12H17NO. The van der Waals surface area contributed by atoms with Gasteiger partial charge in [-0.2, -0.15) is 0 Å². The third-order valence-electron chi connectivity index (χ3n) is 2.47. The second-order valence-electron chi connectivity index (χ2n) is 3.62. The van der Waals surface area contributed by atoms with Crippen LogP contribution in [0.4, 0.5) is 0 Å². The molecule has 1 amide bonds. The Morgan fingerprint density at radius 2 is 2.36 bits per heavy atom. The fraction of sp³-hybridized carbons (Fsp3) is 0.417. The molecule has 0 aromatic carbocycles. The van der Waals surface area contributed by atoms with Crippen LogP contribution in [-0.2, 0) is 4.79 Å². The molecule has 1 aliphatic rings.